The average molecular weight is 328 g/mol. The van der Waals surface area contributed by atoms with Gasteiger partial charge in [-0.15, -0.1) is 11.3 Å². The Labute approximate surface area is 116 Å². The van der Waals surface area contributed by atoms with Crippen molar-refractivity contribution in [3.05, 3.63) is 49.2 Å². The molecule has 0 aliphatic carbocycles. The van der Waals surface area contributed by atoms with Crippen molar-refractivity contribution in [2.75, 3.05) is 11.9 Å². The predicted octanol–water partition coefficient (Wildman–Crippen LogP) is 3.47. The summed E-state index contributed by atoms with van der Waals surface area (Å²) in [7, 11) is 0. The van der Waals surface area contributed by atoms with Crippen molar-refractivity contribution in [2.24, 2.45) is 0 Å². The molecular weight excluding hydrogens is 318 g/mol. The minimum Gasteiger partial charge on any atom is -0.369 e. The van der Waals surface area contributed by atoms with Crippen LogP contribution in [0.2, 0.25) is 0 Å². The second kappa shape index (κ2) is 5.92. The summed E-state index contributed by atoms with van der Waals surface area (Å²) in [5.41, 5.74) is -0.0225. The predicted molar refractivity (Wildman–Crippen MR) is 75.1 cm³/mol. The standard InChI is InChI=1S/C11H10BrN3O2S/c12-10-6-8(15(16)17)7-14-11(10)13-4-3-9-2-1-5-18-9/h1-2,5-7H,3-4H2,(H,13,14). The third kappa shape index (κ3) is 3.27. The van der Waals surface area contributed by atoms with Gasteiger partial charge in [0.05, 0.1) is 9.40 Å². The lowest BCUT2D eigenvalue weighted by molar-refractivity contribution is -0.385. The summed E-state index contributed by atoms with van der Waals surface area (Å²) in [6, 6.07) is 5.53. The van der Waals surface area contributed by atoms with E-state index in [4.69, 9.17) is 0 Å². The van der Waals surface area contributed by atoms with Crippen LogP contribution in [0.15, 0.2) is 34.2 Å². The van der Waals surface area contributed by atoms with Gasteiger partial charge in [-0.1, -0.05) is 6.07 Å². The molecule has 0 bridgehead atoms. The lowest BCUT2D eigenvalue weighted by atomic mass is 10.3. The SMILES string of the molecule is O=[N+]([O-])c1cnc(NCCc2cccs2)c(Br)c1. The van der Waals surface area contributed by atoms with Gasteiger partial charge >= 0.3 is 0 Å². The zero-order valence-electron chi connectivity index (χ0n) is 9.30. The largest absolute Gasteiger partial charge is 0.369 e. The molecule has 7 heteroatoms. The Balaban J connectivity index is 1.95. The molecule has 18 heavy (non-hydrogen) atoms. The van der Waals surface area contributed by atoms with Gasteiger partial charge in [0.15, 0.2) is 0 Å². The summed E-state index contributed by atoms with van der Waals surface area (Å²) in [6.45, 7) is 0.740. The van der Waals surface area contributed by atoms with Crippen molar-refractivity contribution in [1.29, 1.82) is 0 Å². The molecular formula is C11H10BrN3O2S. The molecule has 2 aromatic rings. The summed E-state index contributed by atoms with van der Waals surface area (Å²) in [5.74, 6) is 0.622. The summed E-state index contributed by atoms with van der Waals surface area (Å²) >= 11 is 4.97. The molecule has 0 aliphatic heterocycles. The summed E-state index contributed by atoms with van der Waals surface area (Å²) in [5, 5.41) is 15.7. The summed E-state index contributed by atoms with van der Waals surface area (Å²) < 4.78 is 0.600. The van der Waals surface area contributed by atoms with E-state index in [-0.39, 0.29) is 5.69 Å². The molecule has 0 atom stereocenters. The van der Waals surface area contributed by atoms with Crippen molar-refractivity contribution in [3.63, 3.8) is 0 Å². The van der Waals surface area contributed by atoms with Crippen LogP contribution in [0.25, 0.3) is 0 Å². The average Bonchev–Trinajstić information content (AvgIpc) is 2.84. The molecule has 0 saturated carbocycles. The molecule has 0 spiro atoms. The number of halogens is 1. The van der Waals surface area contributed by atoms with Crippen LogP contribution in [0.5, 0.6) is 0 Å². The highest BCUT2D eigenvalue weighted by Crippen LogP contribution is 2.24. The highest BCUT2D eigenvalue weighted by molar-refractivity contribution is 9.10. The van der Waals surface area contributed by atoms with Crippen molar-refractivity contribution >= 4 is 38.8 Å². The minimum atomic E-state index is -0.465. The highest BCUT2D eigenvalue weighted by Gasteiger charge is 2.10. The number of nitrogens with one attached hydrogen (secondary N) is 1. The smallest absolute Gasteiger partial charge is 0.288 e. The fourth-order valence-electron chi connectivity index (χ4n) is 1.42. The second-order valence-corrected chi connectivity index (χ2v) is 5.42. The molecule has 0 radical (unpaired) electrons. The Bertz CT molecular complexity index is 545. The molecule has 0 fully saturated rings. The van der Waals surface area contributed by atoms with Crippen LogP contribution in [0, 0.1) is 10.1 Å². The van der Waals surface area contributed by atoms with Gasteiger partial charge in [-0.25, -0.2) is 4.98 Å². The van der Waals surface area contributed by atoms with Gasteiger partial charge in [-0.3, -0.25) is 10.1 Å². The Hall–Kier alpha value is -1.47. The second-order valence-electron chi connectivity index (χ2n) is 3.54. The molecule has 2 aromatic heterocycles. The maximum atomic E-state index is 10.6. The van der Waals surface area contributed by atoms with E-state index in [1.807, 2.05) is 11.4 Å². The first-order valence-corrected chi connectivity index (χ1v) is 6.90. The Morgan fingerprint density at radius 3 is 3.00 bits per heavy atom. The Kier molecular flexibility index (Phi) is 4.27. The van der Waals surface area contributed by atoms with Crippen LogP contribution in [-0.4, -0.2) is 16.5 Å². The van der Waals surface area contributed by atoms with Crippen molar-refractivity contribution in [2.45, 2.75) is 6.42 Å². The monoisotopic (exact) mass is 327 g/mol. The number of rotatable bonds is 5. The molecule has 0 aliphatic rings. The first-order valence-electron chi connectivity index (χ1n) is 5.23. The summed E-state index contributed by atoms with van der Waals surface area (Å²) in [6.07, 6.45) is 2.15. The maximum Gasteiger partial charge on any atom is 0.288 e. The minimum absolute atomic E-state index is 0.0225. The van der Waals surface area contributed by atoms with E-state index in [0.717, 1.165) is 13.0 Å². The van der Waals surface area contributed by atoms with Crippen LogP contribution in [-0.2, 0) is 6.42 Å². The lowest BCUT2D eigenvalue weighted by Crippen LogP contribution is -2.06. The zero-order valence-corrected chi connectivity index (χ0v) is 11.7. The number of aromatic nitrogens is 1. The number of hydrogen-bond donors (Lipinski definition) is 1. The Morgan fingerprint density at radius 1 is 1.56 bits per heavy atom. The van der Waals surface area contributed by atoms with Crippen LogP contribution in [0.4, 0.5) is 11.5 Å². The third-order valence-corrected chi connectivity index (χ3v) is 3.82. The number of pyridine rings is 1. The van der Waals surface area contributed by atoms with Crippen molar-refractivity contribution in [3.8, 4) is 0 Å². The van der Waals surface area contributed by atoms with E-state index >= 15 is 0 Å². The van der Waals surface area contributed by atoms with Gasteiger partial charge in [0, 0.05) is 17.5 Å². The van der Waals surface area contributed by atoms with E-state index in [1.54, 1.807) is 11.3 Å². The topological polar surface area (TPSA) is 68.1 Å². The number of hydrogen-bond acceptors (Lipinski definition) is 5. The molecule has 1 N–H and O–H groups in total. The molecule has 0 amide bonds. The molecule has 5 nitrogen and oxygen atoms in total. The van der Waals surface area contributed by atoms with Crippen LogP contribution < -0.4 is 5.32 Å². The molecule has 0 aromatic carbocycles. The Morgan fingerprint density at radius 2 is 2.39 bits per heavy atom. The lowest BCUT2D eigenvalue weighted by Gasteiger charge is -2.06. The van der Waals surface area contributed by atoms with Gasteiger partial charge in [-0.2, -0.15) is 0 Å². The molecule has 0 saturated heterocycles. The van der Waals surface area contributed by atoms with E-state index in [9.17, 15) is 10.1 Å². The molecule has 2 rings (SSSR count). The van der Waals surface area contributed by atoms with Crippen molar-refractivity contribution < 1.29 is 4.92 Å². The first kappa shape index (κ1) is 13.0. The number of nitro groups is 1. The zero-order chi connectivity index (χ0) is 13.0. The van der Waals surface area contributed by atoms with Gasteiger partial charge < -0.3 is 5.32 Å². The quantitative estimate of drug-likeness (QED) is 0.674. The van der Waals surface area contributed by atoms with E-state index in [2.05, 4.69) is 32.3 Å². The van der Waals surface area contributed by atoms with Gasteiger partial charge in [0.25, 0.3) is 5.69 Å². The fourth-order valence-corrected chi connectivity index (χ4v) is 2.60. The third-order valence-electron chi connectivity index (χ3n) is 2.28. The number of anilines is 1. The van der Waals surface area contributed by atoms with E-state index in [0.29, 0.717) is 10.3 Å². The maximum absolute atomic E-state index is 10.6. The fraction of sp³-hybridized carbons (Fsp3) is 0.182. The van der Waals surface area contributed by atoms with E-state index in [1.165, 1.54) is 17.1 Å². The highest BCUT2D eigenvalue weighted by atomic mass is 79.9. The van der Waals surface area contributed by atoms with Crippen LogP contribution in [0.1, 0.15) is 4.88 Å². The van der Waals surface area contributed by atoms with Gasteiger partial charge in [0.2, 0.25) is 0 Å². The van der Waals surface area contributed by atoms with Gasteiger partial charge in [-0.05, 0) is 33.8 Å². The number of nitrogens with zero attached hydrogens (tertiary/aromatic N) is 2. The summed E-state index contributed by atoms with van der Waals surface area (Å²) in [4.78, 5) is 15.4. The van der Waals surface area contributed by atoms with Crippen molar-refractivity contribution in [1.82, 2.24) is 4.98 Å². The molecule has 94 valence electrons. The van der Waals surface area contributed by atoms with Crippen LogP contribution in [0.3, 0.4) is 0 Å². The normalized spacial score (nSPS) is 10.3. The van der Waals surface area contributed by atoms with Crippen LogP contribution >= 0.6 is 27.3 Å². The first-order chi connectivity index (χ1) is 8.66. The number of thiophene rings is 1. The van der Waals surface area contributed by atoms with E-state index < -0.39 is 4.92 Å². The van der Waals surface area contributed by atoms with Gasteiger partial charge in [0.1, 0.15) is 12.0 Å². The molecule has 2 heterocycles. The molecule has 0 unspecified atom stereocenters.